The Balaban J connectivity index is 2.18. The molecule has 2 rings (SSSR count). The van der Waals surface area contributed by atoms with Crippen LogP contribution in [0.3, 0.4) is 0 Å². The molecule has 2 aromatic rings. The van der Waals surface area contributed by atoms with Gasteiger partial charge >= 0.3 is 0 Å². The van der Waals surface area contributed by atoms with Gasteiger partial charge in [-0.25, -0.2) is 0 Å². The van der Waals surface area contributed by atoms with Crippen LogP contribution in [0, 0.1) is 0 Å². The Labute approximate surface area is 172 Å². The van der Waals surface area contributed by atoms with Crippen molar-refractivity contribution in [2.24, 2.45) is 0 Å². The van der Waals surface area contributed by atoms with E-state index in [0.717, 1.165) is 12.0 Å². The molecule has 0 fully saturated rings. The molecule has 1 N–H and O–H groups in total. The van der Waals surface area contributed by atoms with Gasteiger partial charge in [0.2, 0.25) is 5.91 Å². The summed E-state index contributed by atoms with van der Waals surface area (Å²) in [4.78, 5) is 27.4. The second-order valence-electron chi connectivity index (χ2n) is 6.66. The Bertz CT molecular complexity index is 779. The highest BCUT2D eigenvalue weighted by Crippen LogP contribution is 2.26. The first-order valence-electron chi connectivity index (χ1n) is 9.97. The first-order valence-corrected chi connectivity index (χ1v) is 9.97. The van der Waals surface area contributed by atoms with Crippen LogP contribution in [-0.4, -0.2) is 43.0 Å². The van der Waals surface area contributed by atoms with Gasteiger partial charge in [-0.05, 0) is 30.5 Å². The number of rotatable bonds is 11. The fraction of sp³-hybridized carbons (Fsp3) is 0.391. The summed E-state index contributed by atoms with van der Waals surface area (Å²) in [6.45, 7) is 4.65. The Kier molecular flexibility index (Phi) is 9.02. The Hall–Kier alpha value is -3.02. The van der Waals surface area contributed by atoms with Crippen molar-refractivity contribution in [3.63, 3.8) is 0 Å². The summed E-state index contributed by atoms with van der Waals surface area (Å²) in [5, 5.41) is 2.90. The van der Waals surface area contributed by atoms with Crippen molar-refractivity contribution in [2.75, 3.05) is 20.3 Å². The van der Waals surface area contributed by atoms with Crippen molar-refractivity contribution < 1.29 is 19.1 Å². The van der Waals surface area contributed by atoms with Crippen LogP contribution < -0.4 is 14.8 Å². The first kappa shape index (κ1) is 22.3. The van der Waals surface area contributed by atoms with Crippen LogP contribution in [-0.2, 0) is 16.1 Å². The van der Waals surface area contributed by atoms with Gasteiger partial charge in [0.15, 0.2) is 18.1 Å². The summed E-state index contributed by atoms with van der Waals surface area (Å²) in [6.07, 6.45) is 1.36. The standard InChI is InChI=1S/C23H30N2O4/c1-4-15-24-23(27)19(5-2)25(16-18-11-7-6-8-12-18)22(26)17-29-21-14-10-9-13-20(21)28-3/h6-14,19H,4-5,15-17H2,1-3H3,(H,24,27)/t19-/m0/s1. The molecule has 156 valence electrons. The van der Waals surface area contributed by atoms with Gasteiger partial charge in [-0.3, -0.25) is 9.59 Å². The SMILES string of the molecule is CCCNC(=O)[C@H](CC)N(Cc1ccccc1)C(=O)COc1ccccc1OC. The number of ether oxygens (including phenoxy) is 2. The number of benzene rings is 2. The first-order chi connectivity index (χ1) is 14.1. The quantitative estimate of drug-likeness (QED) is 0.630. The Morgan fingerprint density at radius 3 is 2.28 bits per heavy atom. The van der Waals surface area contributed by atoms with Crippen LogP contribution in [0.1, 0.15) is 32.3 Å². The van der Waals surface area contributed by atoms with Gasteiger partial charge in [-0.1, -0.05) is 56.3 Å². The average molecular weight is 399 g/mol. The largest absolute Gasteiger partial charge is 0.493 e. The molecule has 0 heterocycles. The van der Waals surface area contributed by atoms with Gasteiger partial charge in [-0.2, -0.15) is 0 Å². The highest BCUT2D eigenvalue weighted by Gasteiger charge is 2.28. The minimum atomic E-state index is -0.560. The molecule has 6 heteroatoms. The van der Waals surface area contributed by atoms with Gasteiger partial charge in [0.1, 0.15) is 6.04 Å². The van der Waals surface area contributed by atoms with E-state index in [1.165, 1.54) is 0 Å². The van der Waals surface area contributed by atoms with Crippen molar-refractivity contribution in [3.8, 4) is 11.5 Å². The maximum Gasteiger partial charge on any atom is 0.261 e. The topological polar surface area (TPSA) is 67.9 Å². The van der Waals surface area contributed by atoms with Crippen molar-refractivity contribution in [1.29, 1.82) is 0 Å². The highest BCUT2D eigenvalue weighted by molar-refractivity contribution is 5.88. The number of amides is 2. The second kappa shape index (κ2) is 11.7. The van der Waals surface area contributed by atoms with Crippen molar-refractivity contribution in [1.82, 2.24) is 10.2 Å². The molecule has 1 atom stereocenters. The van der Waals surface area contributed by atoms with E-state index in [4.69, 9.17) is 9.47 Å². The summed E-state index contributed by atoms with van der Waals surface area (Å²) < 4.78 is 11.0. The molecule has 0 aliphatic carbocycles. The number of hydrogen-bond acceptors (Lipinski definition) is 4. The number of hydrogen-bond donors (Lipinski definition) is 1. The lowest BCUT2D eigenvalue weighted by Crippen LogP contribution is -2.50. The van der Waals surface area contributed by atoms with Crippen LogP contribution in [0.5, 0.6) is 11.5 Å². The van der Waals surface area contributed by atoms with Gasteiger partial charge in [0.25, 0.3) is 5.91 Å². The van der Waals surface area contributed by atoms with E-state index in [0.29, 0.717) is 31.0 Å². The van der Waals surface area contributed by atoms with E-state index >= 15 is 0 Å². The predicted molar refractivity (Wildman–Crippen MR) is 113 cm³/mol. The van der Waals surface area contributed by atoms with Crippen molar-refractivity contribution in [3.05, 3.63) is 60.2 Å². The lowest BCUT2D eigenvalue weighted by Gasteiger charge is -2.30. The van der Waals surface area contributed by atoms with Crippen LogP contribution >= 0.6 is 0 Å². The lowest BCUT2D eigenvalue weighted by atomic mass is 10.1. The number of carbonyl (C=O) groups excluding carboxylic acids is 2. The van der Waals surface area contributed by atoms with E-state index in [9.17, 15) is 9.59 Å². The zero-order chi connectivity index (χ0) is 21.1. The summed E-state index contributed by atoms with van der Waals surface area (Å²) in [5.74, 6) is 0.656. The summed E-state index contributed by atoms with van der Waals surface area (Å²) in [5.41, 5.74) is 0.958. The number of carbonyl (C=O) groups is 2. The molecule has 2 aromatic carbocycles. The molecule has 6 nitrogen and oxygen atoms in total. The normalized spacial score (nSPS) is 11.4. The van der Waals surface area contributed by atoms with Crippen molar-refractivity contribution in [2.45, 2.75) is 39.3 Å². The fourth-order valence-corrected chi connectivity index (χ4v) is 3.03. The fourth-order valence-electron chi connectivity index (χ4n) is 3.03. The third-order valence-electron chi connectivity index (χ3n) is 4.55. The average Bonchev–Trinajstić information content (AvgIpc) is 2.76. The molecule has 0 aliphatic heterocycles. The summed E-state index contributed by atoms with van der Waals surface area (Å²) in [7, 11) is 1.55. The van der Waals surface area contributed by atoms with E-state index in [1.54, 1.807) is 24.1 Å². The van der Waals surface area contributed by atoms with E-state index in [1.807, 2.05) is 56.3 Å². The predicted octanol–water partition coefficient (Wildman–Crippen LogP) is 3.41. The Morgan fingerprint density at radius 1 is 1.00 bits per heavy atom. The third kappa shape index (κ3) is 6.52. The maximum atomic E-state index is 13.1. The highest BCUT2D eigenvalue weighted by atomic mass is 16.5. The van der Waals surface area contributed by atoms with Gasteiger partial charge in [0.05, 0.1) is 7.11 Å². The molecule has 0 unspecified atom stereocenters. The van der Waals surface area contributed by atoms with E-state index in [-0.39, 0.29) is 18.4 Å². The molecule has 0 spiro atoms. The van der Waals surface area contributed by atoms with Crippen LogP contribution in [0.25, 0.3) is 0 Å². The monoisotopic (exact) mass is 398 g/mol. The molecule has 0 aliphatic rings. The van der Waals surface area contributed by atoms with Gasteiger partial charge in [-0.15, -0.1) is 0 Å². The van der Waals surface area contributed by atoms with E-state index < -0.39 is 6.04 Å². The molecule has 2 amide bonds. The number of nitrogens with zero attached hydrogens (tertiary/aromatic N) is 1. The molecular weight excluding hydrogens is 368 g/mol. The van der Waals surface area contributed by atoms with Gasteiger partial charge < -0.3 is 19.7 Å². The molecular formula is C23H30N2O4. The molecule has 0 aromatic heterocycles. The Morgan fingerprint density at radius 2 is 1.66 bits per heavy atom. The third-order valence-corrected chi connectivity index (χ3v) is 4.55. The maximum absolute atomic E-state index is 13.1. The summed E-state index contributed by atoms with van der Waals surface area (Å²) in [6, 6.07) is 16.3. The molecule has 29 heavy (non-hydrogen) atoms. The smallest absolute Gasteiger partial charge is 0.261 e. The molecule has 0 saturated heterocycles. The number of methoxy groups -OCH3 is 1. The van der Waals surface area contributed by atoms with Crippen LogP contribution in [0.15, 0.2) is 54.6 Å². The van der Waals surface area contributed by atoms with Crippen molar-refractivity contribution >= 4 is 11.8 Å². The minimum absolute atomic E-state index is 0.143. The molecule has 0 saturated carbocycles. The number of para-hydroxylation sites is 2. The zero-order valence-corrected chi connectivity index (χ0v) is 17.4. The van der Waals surface area contributed by atoms with Gasteiger partial charge in [0, 0.05) is 13.1 Å². The lowest BCUT2D eigenvalue weighted by molar-refractivity contribution is -0.143. The van der Waals surface area contributed by atoms with E-state index in [2.05, 4.69) is 5.32 Å². The zero-order valence-electron chi connectivity index (χ0n) is 17.4. The minimum Gasteiger partial charge on any atom is -0.493 e. The summed E-state index contributed by atoms with van der Waals surface area (Å²) >= 11 is 0. The number of nitrogens with one attached hydrogen (secondary N) is 1. The van der Waals surface area contributed by atoms with Crippen LogP contribution in [0.2, 0.25) is 0 Å². The molecule has 0 radical (unpaired) electrons. The molecule has 0 bridgehead atoms. The van der Waals surface area contributed by atoms with Crippen LogP contribution in [0.4, 0.5) is 0 Å². The second-order valence-corrected chi connectivity index (χ2v) is 6.66.